The maximum atomic E-state index is 13.2. The molecule has 0 unspecified atom stereocenters. The van der Waals surface area contributed by atoms with E-state index in [2.05, 4.69) is 4.98 Å². The largest absolute Gasteiger partial charge is 0.497 e. The van der Waals surface area contributed by atoms with Crippen LogP contribution in [0.15, 0.2) is 65.6 Å². The molecule has 8 heteroatoms. The first-order valence-corrected chi connectivity index (χ1v) is 10.4. The zero-order valence-electron chi connectivity index (χ0n) is 16.5. The Morgan fingerprint density at radius 1 is 0.968 bits per heavy atom. The molecular formula is C23H16ClF3N2OS. The lowest BCUT2D eigenvalue weighted by molar-refractivity contribution is -0.0328. The molecule has 0 radical (unpaired) electrons. The lowest BCUT2D eigenvalue weighted by atomic mass is 10.0. The molecule has 3 nitrogen and oxygen atoms in total. The third-order valence-corrected chi connectivity index (χ3v) is 5.83. The van der Waals surface area contributed by atoms with E-state index in [1.54, 1.807) is 19.2 Å². The number of nitrogens with zero attached hydrogens (tertiary/aromatic N) is 2. The van der Waals surface area contributed by atoms with E-state index < -0.39 is 5.51 Å². The van der Waals surface area contributed by atoms with Crippen molar-refractivity contribution in [2.45, 2.75) is 17.3 Å². The van der Waals surface area contributed by atoms with Gasteiger partial charge in [-0.25, -0.2) is 9.97 Å². The lowest BCUT2D eigenvalue weighted by Crippen LogP contribution is -2.02. The Balaban J connectivity index is 2.03. The van der Waals surface area contributed by atoms with Crippen molar-refractivity contribution >= 4 is 34.3 Å². The number of alkyl halides is 3. The summed E-state index contributed by atoms with van der Waals surface area (Å²) >= 11 is 6.11. The van der Waals surface area contributed by atoms with Gasteiger partial charge >= 0.3 is 5.51 Å². The van der Waals surface area contributed by atoms with Crippen LogP contribution >= 0.6 is 23.4 Å². The minimum absolute atomic E-state index is 0.0522. The van der Waals surface area contributed by atoms with Gasteiger partial charge < -0.3 is 4.74 Å². The summed E-state index contributed by atoms with van der Waals surface area (Å²) in [6.45, 7) is 1.95. The minimum atomic E-state index is -4.47. The molecule has 0 aliphatic heterocycles. The number of fused-ring (bicyclic) bond motifs is 1. The van der Waals surface area contributed by atoms with Crippen LogP contribution in [0.3, 0.4) is 0 Å². The maximum absolute atomic E-state index is 13.2. The molecule has 1 heterocycles. The second-order valence-corrected chi connectivity index (χ2v) is 8.27. The minimum Gasteiger partial charge on any atom is -0.497 e. The van der Waals surface area contributed by atoms with Crippen LogP contribution in [-0.4, -0.2) is 22.6 Å². The van der Waals surface area contributed by atoms with Crippen molar-refractivity contribution in [2.24, 2.45) is 0 Å². The molecule has 4 aromatic rings. The van der Waals surface area contributed by atoms with E-state index in [1.165, 1.54) is 18.2 Å². The zero-order chi connectivity index (χ0) is 22.2. The first kappa shape index (κ1) is 21.5. The molecule has 4 rings (SSSR count). The van der Waals surface area contributed by atoms with Crippen molar-refractivity contribution in [1.82, 2.24) is 9.97 Å². The molecule has 0 atom stereocenters. The fraction of sp³-hybridized carbons (Fsp3) is 0.130. The van der Waals surface area contributed by atoms with Gasteiger partial charge in [0, 0.05) is 15.8 Å². The van der Waals surface area contributed by atoms with Crippen LogP contribution in [0.4, 0.5) is 13.2 Å². The number of ether oxygens (including phenoxy) is 1. The van der Waals surface area contributed by atoms with Crippen LogP contribution < -0.4 is 4.74 Å². The van der Waals surface area contributed by atoms with Crippen molar-refractivity contribution < 1.29 is 17.9 Å². The van der Waals surface area contributed by atoms with E-state index in [-0.39, 0.29) is 33.1 Å². The second-order valence-electron chi connectivity index (χ2n) is 6.75. The monoisotopic (exact) mass is 460 g/mol. The number of halogens is 4. The quantitative estimate of drug-likeness (QED) is 0.294. The van der Waals surface area contributed by atoms with E-state index in [0.717, 1.165) is 16.5 Å². The van der Waals surface area contributed by atoms with Gasteiger partial charge in [-0.15, -0.1) is 0 Å². The van der Waals surface area contributed by atoms with Crippen molar-refractivity contribution in [1.29, 1.82) is 0 Å². The third-order valence-electron chi connectivity index (χ3n) is 4.73. The van der Waals surface area contributed by atoms with Gasteiger partial charge in [0.25, 0.3) is 0 Å². The van der Waals surface area contributed by atoms with Crippen LogP contribution in [-0.2, 0) is 0 Å². The normalized spacial score (nSPS) is 11.7. The van der Waals surface area contributed by atoms with Crippen LogP contribution in [0.1, 0.15) is 5.56 Å². The molecular weight excluding hydrogens is 445 g/mol. The summed E-state index contributed by atoms with van der Waals surface area (Å²) in [5.74, 6) is 0.762. The first-order chi connectivity index (χ1) is 14.8. The Hall–Kier alpha value is -2.77. The number of aromatic nitrogens is 2. The van der Waals surface area contributed by atoms with Crippen LogP contribution in [0, 0.1) is 6.92 Å². The van der Waals surface area contributed by atoms with E-state index in [0.29, 0.717) is 17.0 Å². The molecule has 0 spiro atoms. The first-order valence-electron chi connectivity index (χ1n) is 9.23. The third kappa shape index (κ3) is 4.48. The number of methoxy groups -OCH3 is 1. The van der Waals surface area contributed by atoms with E-state index >= 15 is 0 Å². The fourth-order valence-electron chi connectivity index (χ4n) is 3.32. The molecule has 0 fully saturated rings. The highest BCUT2D eigenvalue weighted by molar-refractivity contribution is 8.00. The van der Waals surface area contributed by atoms with Crippen molar-refractivity contribution in [3.05, 3.63) is 71.2 Å². The summed E-state index contributed by atoms with van der Waals surface area (Å²) in [6.07, 6.45) is 0. The number of hydrogen-bond acceptors (Lipinski definition) is 4. The predicted octanol–water partition coefficient (Wildman–Crippen LogP) is 7.55. The van der Waals surface area contributed by atoms with Gasteiger partial charge in [-0.1, -0.05) is 41.9 Å². The topological polar surface area (TPSA) is 35.0 Å². The highest BCUT2D eigenvalue weighted by Gasteiger charge is 2.32. The van der Waals surface area contributed by atoms with E-state index in [4.69, 9.17) is 21.3 Å². The van der Waals surface area contributed by atoms with E-state index in [1.807, 2.05) is 37.3 Å². The highest BCUT2D eigenvalue weighted by Crippen LogP contribution is 2.44. The summed E-state index contributed by atoms with van der Waals surface area (Å²) in [5, 5.41) is 0.882. The molecule has 0 aliphatic carbocycles. The SMILES string of the molecule is COc1ccc2nc(-c3c(Cl)cccc3SC(F)(F)F)nc(-c3ccccc3C)c2c1. The number of aryl methyl sites for hydroxylation is 1. The van der Waals surface area contributed by atoms with Gasteiger partial charge in [0.05, 0.1) is 28.9 Å². The molecule has 0 saturated carbocycles. The van der Waals surface area contributed by atoms with Crippen molar-refractivity contribution in [2.75, 3.05) is 7.11 Å². The van der Waals surface area contributed by atoms with Crippen LogP contribution in [0.2, 0.25) is 5.02 Å². The number of thioether (sulfide) groups is 1. The van der Waals surface area contributed by atoms with Crippen molar-refractivity contribution in [3.63, 3.8) is 0 Å². The standard InChI is InChI=1S/C23H16ClF3N2OS/c1-13-6-3-4-7-15(13)21-16-12-14(30-2)10-11-18(16)28-22(29-21)20-17(24)8-5-9-19(20)31-23(25,26)27/h3-12H,1-2H3. The molecule has 0 N–H and O–H groups in total. The fourth-order valence-corrected chi connectivity index (χ4v) is 4.34. The van der Waals surface area contributed by atoms with Crippen molar-refractivity contribution in [3.8, 4) is 28.4 Å². The van der Waals surface area contributed by atoms with Gasteiger partial charge in [-0.2, -0.15) is 13.2 Å². The number of benzene rings is 3. The summed E-state index contributed by atoms with van der Waals surface area (Å²) in [5.41, 5.74) is -1.32. The lowest BCUT2D eigenvalue weighted by Gasteiger charge is -2.15. The Morgan fingerprint density at radius 3 is 2.45 bits per heavy atom. The smallest absolute Gasteiger partial charge is 0.446 e. The Kier molecular flexibility index (Phi) is 5.81. The average Bonchev–Trinajstić information content (AvgIpc) is 2.72. The maximum Gasteiger partial charge on any atom is 0.446 e. The number of hydrogen-bond donors (Lipinski definition) is 0. The van der Waals surface area contributed by atoms with Gasteiger partial charge in [0.15, 0.2) is 5.82 Å². The molecule has 31 heavy (non-hydrogen) atoms. The van der Waals surface area contributed by atoms with Crippen LogP contribution in [0.25, 0.3) is 33.5 Å². The Bertz CT molecular complexity index is 1280. The van der Waals surface area contributed by atoms with E-state index in [9.17, 15) is 13.2 Å². The number of rotatable bonds is 4. The zero-order valence-corrected chi connectivity index (χ0v) is 18.1. The Labute approximate surface area is 186 Å². The molecule has 1 aromatic heterocycles. The molecule has 0 bridgehead atoms. The molecule has 0 amide bonds. The molecule has 0 saturated heterocycles. The molecule has 3 aromatic carbocycles. The average molecular weight is 461 g/mol. The summed E-state index contributed by atoms with van der Waals surface area (Å²) in [6, 6.07) is 17.4. The second kappa shape index (κ2) is 8.40. The van der Waals surface area contributed by atoms with Gasteiger partial charge in [-0.3, -0.25) is 0 Å². The molecule has 0 aliphatic rings. The van der Waals surface area contributed by atoms with Crippen LogP contribution in [0.5, 0.6) is 5.75 Å². The van der Waals surface area contributed by atoms with Gasteiger partial charge in [-0.05, 0) is 54.6 Å². The predicted molar refractivity (Wildman–Crippen MR) is 119 cm³/mol. The highest BCUT2D eigenvalue weighted by atomic mass is 35.5. The Morgan fingerprint density at radius 2 is 1.74 bits per heavy atom. The summed E-state index contributed by atoms with van der Waals surface area (Å²) in [4.78, 5) is 9.20. The van der Waals surface area contributed by atoms with Gasteiger partial charge in [0.1, 0.15) is 5.75 Å². The van der Waals surface area contributed by atoms with Gasteiger partial charge in [0.2, 0.25) is 0 Å². The summed E-state index contributed by atoms with van der Waals surface area (Å²) in [7, 11) is 1.56. The molecule has 158 valence electrons. The summed E-state index contributed by atoms with van der Waals surface area (Å²) < 4.78 is 44.8.